The Morgan fingerprint density at radius 3 is 2.63 bits per heavy atom. The molecule has 5 aromatic rings. The van der Waals surface area contributed by atoms with E-state index in [0.717, 1.165) is 33.2 Å². The number of aryl methyl sites for hydroxylation is 1. The molecule has 0 bridgehead atoms. The number of aromatic nitrogens is 4. The van der Waals surface area contributed by atoms with Crippen LogP contribution in [0.25, 0.3) is 27.6 Å². The lowest BCUT2D eigenvalue weighted by atomic mass is 10.1. The van der Waals surface area contributed by atoms with Crippen LogP contribution in [-0.4, -0.2) is 31.4 Å². The first-order chi connectivity index (χ1) is 17.2. The summed E-state index contributed by atoms with van der Waals surface area (Å²) in [5, 5.41) is 15.6. The minimum absolute atomic E-state index is 0.182. The Morgan fingerprint density at radius 2 is 1.83 bits per heavy atom. The molecule has 0 atom stereocenters. The van der Waals surface area contributed by atoms with E-state index in [1.54, 1.807) is 6.20 Å². The molecule has 0 unspecified atom stereocenters. The molecule has 0 saturated heterocycles. The van der Waals surface area contributed by atoms with Gasteiger partial charge in [-0.15, -0.1) is 26.6 Å². The van der Waals surface area contributed by atoms with Crippen LogP contribution in [0.5, 0.6) is 0 Å². The highest BCUT2D eigenvalue weighted by Crippen LogP contribution is 2.28. The highest BCUT2D eigenvalue weighted by atomic mass is 32.2. The van der Waals surface area contributed by atoms with Crippen LogP contribution in [0.4, 0.5) is 0 Å². The fourth-order valence-electron chi connectivity index (χ4n) is 3.38. The van der Waals surface area contributed by atoms with Crippen LogP contribution in [0.3, 0.4) is 0 Å². The quantitative estimate of drug-likeness (QED) is 0.239. The van der Waals surface area contributed by atoms with Gasteiger partial charge in [-0.05, 0) is 36.2 Å². The molecule has 3 aromatic heterocycles. The smallest absolute Gasteiger partial charge is 0.250 e. The second-order valence-corrected chi connectivity index (χ2v) is 10.5. The summed E-state index contributed by atoms with van der Waals surface area (Å²) in [5.41, 5.74) is 7.70. The monoisotopic (exact) mass is 516 g/mol. The largest absolute Gasteiger partial charge is 0.283 e. The van der Waals surface area contributed by atoms with E-state index in [1.165, 1.54) is 34.4 Å². The Labute approximate surface area is 214 Å². The molecule has 1 amide bonds. The van der Waals surface area contributed by atoms with Crippen molar-refractivity contribution in [1.29, 1.82) is 0 Å². The molecule has 0 radical (unpaired) electrons. The lowest BCUT2D eigenvalue weighted by Gasteiger charge is -2.12. The van der Waals surface area contributed by atoms with Crippen LogP contribution in [-0.2, 0) is 4.79 Å². The number of hydrogen-bond donors (Lipinski definition) is 1. The van der Waals surface area contributed by atoms with E-state index in [9.17, 15) is 4.79 Å². The summed E-state index contributed by atoms with van der Waals surface area (Å²) in [5.74, 6) is -0.0302. The van der Waals surface area contributed by atoms with Crippen LogP contribution in [0.15, 0.2) is 93.8 Å². The van der Waals surface area contributed by atoms with E-state index >= 15 is 0 Å². The third kappa shape index (κ3) is 5.40. The Hall–Kier alpha value is -3.60. The standard InChI is InChI=1S/C25H20N6OS3/c1-17-9-5-6-13-20(17)31-21(18-10-3-2-4-11-18)15-33-24(31)29-27-22(32)16-34-25-30-28-23(35-25)19-12-7-8-14-26-19/h2-15H,16H2,1H3,(H,27,32)/b29-24-. The predicted octanol–water partition coefficient (Wildman–Crippen LogP) is 5.15. The SMILES string of the molecule is Cc1ccccc1-n1c(-c2ccccc2)cs/c1=N\NC(=O)CSc1nnc(-c2ccccn2)s1. The van der Waals surface area contributed by atoms with Crippen LogP contribution in [0, 0.1) is 6.92 Å². The van der Waals surface area contributed by atoms with E-state index in [4.69, 9.17) is 0 Å². The minimum Gasteiger partial charge on any atom is -0.283 e. The number of thiazole rings is 1. The topological polar surface area (TPSA) is 85.1 Å². The van der Waals surface area contributed by atoms with Crippen molar-refractivity contribution >= 4 is 40.3 Å². The normalized spacial score (nSPS) is 11.5. The molecule has 2 aromatic carbocycles. The van der Waals surface area contributed by atoms with Gasteiger partial charge < -0.3 is 0 Å². The van der Waals surface area contributed by atoms with E-state index in [-0.39, 0.29) is 11.7 Å². The van der Waals surface area contributed by atoms with Gasteiger partial charge in [-0.2, -0.15) is 0 Å². The molecule has 5 rings (SSSR count). The van der Waals surface area contributed by atoms with Gasteiger partial charge in [-0.1, -0.05) is 77.7 Å². The van der Waals surface area contributed by atoms with Gasteiger partial charge in [0.1, 0.15) is 5.69 Å². The molecule has 0 aliphatic carbocycles. The first-order valence-electron chi connectivity index (χ1n) is 10.7. The molecule has 35 heavy (non-hydrogen) atoms. The Kier molecular flexibility index (Phi) is 7.12. The van der Waals surface area contributed by atoms with Crippen LogP contribution < -0.4 is 10.2 Å². The van der Waals surface area contributed by atoms with Crippen molar-refractivity contribution < 1.29 is 4.79 Å². The van der Waals surface area contributed by atoms with Crippen molar-refractivity contribution in [1.82, 2.24) is 25.2 Å². The van der Waals surface area contributed by atoms with Crippen molar-refractivity contribution in [3.63, 3.8) is 0 Å². The van der Waals surface area contributed by atoms with E-state index < -0.39 is 0 Å². The summed E-state index contributed by atoms with van der Waals surface area (Å²) in [4.78, 5) is 17.5. The molecule has 3 heterocycles. The predicted molar refractivity (Wildman–Crippen MR) is 141 cm³/mol. The van der Waals surface area contributed by atoms with Gasteiger partial charge >= 0.3 is 0 Å². The number of carbonyl (C=O) groups is 1. The van der Waals surface area contributed by atoms with Crippen molar-refractivity contribution in [2.45, 2.75) is 11.3 Å². The van der Waals surface area contributed by atoms with Crippen molar-refractivity contribution in [3.05, 3.63) is 94.7 Å². The summed E-state index contributed by atoms with van der Waals surface area (Å²) < 4.78 is 2.78. The van der Waals surface area contributed by atoms with Gasteiger partial charge in [-0.25, -0.2) is 5.43 Å². The molecule has 0 spiro atoms. The molecule has 10 heteroatoms. The Morgan fingerprint density at radius 1 is 1.03 bits per heavy atom. The highest BCUT2D eigenvalue weighted by Gasteiger charge is 2.13. The van der Waals surface area contributed by atoms with Gasteiger partial charge in [0.05, 0.1) is 17.1 Å². The number of benzene rings is 2. The lowest BCUT2D eigenvalue weighted by molar-refractivity contribution is -0.118. The number of nitrogens with zero attached hydrogens (tertiary/aromatic N) is 5. The van der Waals surface area contributed by atoms with Crippen LogP contribution in [0.2, 0.25) is 0 Å². The molecule has 174 valence electrons. The fourth-order valence-corrected chi connectivity index (χ4v) is 5.86. The number of pyridine rings is 1. The first kappa shape index (κ1) is 23.2. The van der Waals surface area contributed by atoms with Crippen molar-refractivity contribution in [2.24, 2.45) is 5.10 Å². The molecular formula is C25H20N6OS3. The number of para-hydroxylation sites is 1. The third-order valence-electron chi connectivity index (χ3n) is 5.03. The van der Waals surface area contributed by atoms with Gasteiger partial charge in [0.15, 0.2) is 9.35 Å². The number of amides is 1. The summed E-state index contributed by atoms with van der Waals surface area (Å²) in [7, 11) is 0. The van der Waals surface area contributed by atoms with Crippen molar-refractivity contribution in [2.75, 3.05) is 5.75 Å². The number of rotatable bonds is 7. The van der Waals surface area contributed by atoms with Crippen LogP contribution >= 0.6 is 34.4 Å². The molecule has 0 saturated carbocycles. The maximum Gasteiger partial charge on any atom is 0.250 e. The van der Waals surface area contributed by atoms with E-state index in [1.807, 2.05) is 48.5 Å². The fraction of sp³-hybridized carbons (Fsp3) is 0.0800. The number of nitrogens with one attached hydrogen (secondary N) is 1. The molecule has 0 aliphatic heterocycles. The third-order valence-corrected chi connectivity index (χ3v) is 7.93. The summed E-state index contributed by atoms with van der Waals surface area (Å²) in [6, 6.07) is 23.9. The lowest BCUT2D eigenvalue weighted by Crippen LogP contribution is -2.25. The van der Waals surface area contributed by atoms with Gasteiger partial charge in [0, 0.05) is 11.6 Å². The number of hydrogen-bond acceptors (Lipinski definition) is 8. The van der Waals surface area contributed by atoms with E-state index in [0.29, 0.717) is 9.14 Å². The summed E-state index contributed by atoms with van der Waals surface area (Å²) in [6.45, 7) is 2.06. The Balaban J connectivity index is 1.34. The molecule has 1 N–H and O–H groups in total. The summed E-state index contributed by atoms with van der Waals surface area (Å²) >= 11 is 4.22. The molecule has 7 nitrogen and oxygen atoms in total. The van der Waals surface area contributed by atoms with Gasteiger partial charge in [0.25, 0.3) is 5.91 Å². The Bertz CT molecular complexity index is 1510. The zero-order valence-corrected chi connectivity index (χ0v) is 21.1. The average Bonchev–Trinajstić information content (AvgIpc) is 3.55. The average molecular weight is 517 g/mol. The summed E-state index contributed by atoms with van der Waals surface area (Å²) in [6.07, 6.45) is 1.72. The second-order valence-electron chi connectivity index (χ2n) is 7.41. The zero-order valence-electron chi connectivity index (χ0n) is 18.7. The maximum absolute atomic E-state index is 12.6. The number of thioether (sulfide) groups is 1. The molecule has 0 aliphatic rings. The maximum atomic E-state index is 12.6. The van der Waals surface area contributed by atoms with Gasteiger partial charge in [-0.3, -0.25) is 14.3 Å². The molecular weight excluding hydrogens is 497 g/mol. The number of carbonyl (C=O) groups excluding carboxylic acids is 1. The highest BCUT2D eigenvalue weighted by molar-refractivity contribution is 8.01. The van der Waals surface area contributed by atoms with E-state index in [2.05, 4.69) is 66.8 Å². The minimum atomic E-state index is -0.212. The zero-order chi connectivity index (χ0) is 24.0. The first-order valence-corrected chi connectivity index (χ1v) is 13.4. The van der Waals surface area contributed by atoms with Crippen molar-refractivity contribution in [3.8, 4) is 27.6 Å². The van der Waals surface area contributed by atoms with Gasteiger partial charge in [0.2, 0.25) is 4.80 Å². The van der Waals surface area contributed by atoms with Crippen LogP contribution in [0.1, 0.15) is 5.56 Å². The molecule has 0 fully saturated rings. The second kappa shape index (κ2) is 10.8.